The molecule has 0 aliphatic carbocycles. The van der Waals surface area contributed by atoms with Crippen LogP contribution in [0.2, 0.25) is 0 Å². The number of carbonyl (C=O) groups is 1. The van der Waals surface area contributed by atoms with Crippen molar-refractivity contribution in [2.75, 3.05) is 26.2 Å². The first-order chi connectivity index (χ1) is 16.1. The van der Waals surface area contributed by atoms with Crippen LogP contribution in [0.25, 0.3) is 0 Å². The molecule has 0 bridgehead atoms. The van der Waals surface area contributed by atoms with E-state index in [2.05, 4.69) is 15.4 Å². The minimum absolute atomic E-state index is 0.0335. The third-order valence-corrected chi connectivity index (χ3v) is 6.57. The van der Waals surface area contributed by atoms with E-state index in [4.69, 9.17) is 4.74 Å². The normalized spacial score (nSPS) is 14.4. The molecular formula is C24H32N4O4S. The highest BCUT2D eigenvalue weighted by Crippen LogP contribution is 2.22. The SMILES string of the molecule is O=C(N/N=C/c1ccc([N+](=O)[O-])s1)c1ccc(OCCCCCCCN2CCCCC2)cc1. The topological polar surface area (TPSA) is 97.1 Å². The number of benzene rings is 1. The van der Waals surface area contributed by atoms with Crippen molar-refractivity contribution in [3.8, 4) is 5.75 Å². The van der Waals surface area contributed by atoms with Crippen LogP contribution < -0.4 is 10.2 Å². The zero-order valence-corrected chi connectivity index (χ0v) is 19.7. The van der Waals surface area contributed by atoms with E-state index in [0.29, 0.717) is 17.0 Å². The summed E-state index contributed by atoms with van der Waals surface area (Å²) < 4.78 is 5.78. The number of amides is 1. The first-order valence-corrected chi connectivity index (χ1v) is 12.5. The molecule has 3 rings (SSSR count). The summed E-state index contributed by atoms with van der Waals surface area (Å²) in [7, 11) is 0. The van der Waals surface area contributed by atoms with Gasteiger partial charge >= 0.3 is 5.00 Å². The number of hydrogen-bond donors (Lipinski definition) is 1. The summed E-state index contributed by atoms with van der Waals surface area (Å²) in [6.45, 7) is 4.49. The van der Waals surface area contributed by atoms with Gasteiger partial charge in [-0.3, -0.25) is 14.9 Å². The van der Waals surface area contributed by atoms with Gasteiger partial charge in [0.05, 0.1) is 22.6 Å². The van der Waals surface area contributed by atoms with Crippen LogP contribution in [0.5, 0.6) is 5.75 Å². The van der Waals surface area contributed by atoms with Crippen LogP contribution in [0.1, 0.15) is 66.6 Å². The molecule has 9 heteroatoms. The number of piperidine rings is 1. The number of hydrogen-bond acceptors (Lipinski definition) is 7. The second kappa shape index (κ2) is 13.7. The van der Waals surface area contributed by atoms with Gasteiger partial charge in [0.15, 0.2) is 0 Å². The first-order valence-electron chi connectivity index (χ1n) is 11.6. The smallest absolute Gasteiger partial charge is 0.324 e. The summed E-state index contributed by atoms with van der Waals surface area (Å²) in [5.74, 6) is 0.388. The van der Waals surface area contributed by atoms with E-state index in [1.165, 1.54) is 76.9 Å². The second-order valence-electron chi connectivity index (χ2n) is 8.18. The van der Waals surface area contributed by atoms with Gasteiger partial charge in [-0.05, 0) is 75.6 Å². The Balaban J connectivity index is 1.26. The lowest BCUT2D eigenvalue weighted by Gasteiger charge is -2.26. The van der Waals surface area contributed by atoms with Crippen LogP contribution in [-0.4, -0.2) is 48.2 Å². The Morgan fingerprint density at radius 2 is 1.79 bits per heavy atom. The van der Waals surface area contributed by atoms with E-state index in [9.17, 15) is 14.9 Å². The Labute approximate surface area is 198 Å². The Kier molecular flexibility index (Phi) is 10.3. The number of hydrazone groups is 1. The molecule has 1 aromatic heterocycles. The monoisotopic (exact) mass is 472 g/mol. The fraction of sp³-hybridized carbons (Fsp3) is 0.500. The maximum atomic E-state index is 12.2. The Bertz CT molecular complexity index is 907. The maximum Gasteiger partial charge on any atom is 0.324 e. The van der Waals surface area contributed by atoms with Crippen molar-refractivity contribution in [1.82, 2.24) is 10.3 Å². The highest BCUT2D eigenvalue weighted by atomic mass is 32.1. The lowest BCUT2D eigenvalue weighted by Crippen LogP contribution is -2.30. The van der Waals surface area contributed by atoms with Gasteiger partial charge in [-0.2, -0.15) is 5.10 Å². The highest BCUT2D eigenvalue weighted by molar-refractivity contribution is 7.16. The van der Waals surface area contributed by atoms with E-state index >= 15 is 0 Å². The van der Waals surface area contributed by atoms with E-state index < -0.39 is 4.92 Å². The van der Waals surface area contributed by atoms with Crippen molar-refractivity contribution in [3.05, 3.63) is 57.0 Å². The van der Waals surface area contributed by atoms with Gasteiger partial charge in [0, 0.05) is 11.6 Å². The number of unbranched alkanes of at least 4 members (excludes halogenated alkanes) is 4. The molecule has 1 amide bonds. The lowest BCUT2D eigenvalue weighted by molar-refractivity contribution is -0.380. The van der Waals surface area contributed by atoms with Gasteiger partial charge < -0.3 is 9.64 Å². The second-order valence-corrected chi connectivity index (χ2v) is 9.27. The fourth-order valence-corrected chi connectivity index (χ4v) is 4.47. The largest absolute Gasteiger partial charge is 0.494 e. The quantitative estimate of drug-likeness (QED) is 0.186. The van der Waals surface area contributed by atoms with E-state index in [-0.39, 0.29) is 10.9 Å². The summed E-state index contributed by atoms with van der Waals surface area (Å²) in [5, 5.41) is 14.6. The standard InChI is InChI=1S/C24H32N4O4S/c29-24(26-25-19-22-13-14-23(33-22)28(30)31)20-9-11-21(12-10-20)32-18-8-3-1-2-5-15-27-16-6-4-7-17-27/h9-14,19H,1-8,15-18H2,(H,26,29)/b25-19+. The molecule has 33 heavy (non-hydrogen) atoms. The molecule has 1 N–H and O–H groups in total. The minimum atomic E-state index is -0.457. The first kappa shape index (κ1) is 24.9. The van der Waals surface area contributed by atoms with E-state index in [1.807, 2.05) is 0 Å². The molecule has 0 spiro atoms. The molecule has 1 fully saturated rings. The number of likely N-dealkylation sites (tertiary alicyclic amines) is 1. The predicted octanol–water partition coefficient (Wildman–Crippen LogP) is 5.24. The molecule has 0 atom stereocenters. The molecule has 1 aliphatic rings. The van der Waals surface area contributed by atoms with Gasteiger partial charge in [-0.1, -0.05) is 37.0 Å². The summed E-state index contributed by atoms with van der Waals surface area (Å²) in [5.41, 5.74) is 2.89. The van der Waals surface area contributed by atoms with Gasteiger partial charge in [0.1, 0.15) is 5.75 Å². The van der Waals surface area contributed by atoms with Crippen LogP contribution in [0.3, 0.4) is 0 Å². The van der Waals surface area contributed by atoms with Crippen molar-refractivity contribution in [2.45, 2.75) is 51.4 Å². The minimum Gasteiger partial charge on any atom is -0.494 e. The zero-order valence-electron chi connectivity index (χ0n) is 18.9. The molecule has 1 aliphatic heterocycles. The molecule has 8 nitrogen and oxygen atoms in total. The molecule has 0 saturated carbocycles. The number of nitrogens with one attached hydrogen (secondary N) is 1. The van der Waals surface area contributed by atoms with Crippen LogP contribution >= 0.6 is 11.3 Å². The summed E-state index contributed by atoms with van der Waals surface area (Å²) in [4.78, 5) is 25.6. The Morgan fingerprint density at radius 3 is 2.52 bits per heavy atom. The summed E-state index contributed by atoms with van der Waals surface area (Å²) in [6.07, 6.45) is 11.5. The number of ether oxygens (including phenoxy) is 1. The third-order valence-electron chi connectivity index (χ3n) is 5.60. The Morgan fingerprint density at radius 1 is 1.06 bits per heavy atom. The molecule has 178 valence electrons. The third kappa shape index (κ3) is 8.94. The Hall–Kier alpha value is -2.78. The van der Waals surface area contributed by atoms with Crippen molar-refractivity contribution >= 4 is 28.5 Å². The van der Waals surface area contributed by atoms with Crippen molar-refractivity contribution in [2.24, 2.45) is 5.10 Å². The zero-order chi connectivity index (χ0) is 23.3. The van der Waals surface area contributed by atoms with E-state index in [0.717, 1.165) is 23.5 Å². The van der Waals surface area contributed by atoms with Gasteiger partial charge in [-0.25, -0.2) is 5.43 Å². The van der Waals surface area contributed by atoms with Crippen LogP contribution in [0.4, 0.5) is 5.00 Å². The maximum absolute atomic E-state index is 12.2. The fourth-order valence-electron chi connectivity index (χ4n) is 3.77. The van der Waals surface area contributed by atoms with Crippen LogP contribution in [-0.2, 0) is 0 Å². The molecule has 2 aromatic rings. The van der Waals surface area contributed by atoms with E-state index in [1.54, 1.807) is 30.3 Å². The van der Waals surface area contributed by atoms with Crippen molar-refractivity contribution in [3.63, 3.8) is 0 Å². The molecular weight excluding hydrogens is 440 g/mol. The van der Waals surface area contributed by atoms with Crippen molar-refractivity contribution < 1.29 is 14.5 Å². The average Bonchev–Trinajstić information content (AvgIpc) is 3.31. The number of rotatable bonds is 13. The molecule has 1 aromatic carbocycles. The van der Waals surface area contributed by atoms with Crippen molar-refractivity contribution in [1.29, 1.82) is 0 Å². The van der Waals surface area contributed by atoms with Crippen LogP contribution in [0.15, 0.2) is 41.5 Å². The predicted molar refractivity (Wildman–Crippen MR) is 131 cm³/mol. The number of carbonyl (C=O) groups excluding carboxylic acids is 1. The van der Waals surface area contributed by atoms with Gasteiger partial charge in [0.2, 0.25) is 0 Å². The highest BCUT2D eigenvalue weighted by Gasteiger charge is 2.10. The van der Waals surface area contributed by atoms with Crippen LogP contribution in [0, 0.1) is 10.1 Å². The summed E-state index contributed by atoms with van der Waals surface area (Å²) in [6, 6.07) is 9.93. The molecule has 2 heterocycles. The average molecular weight is 473 g/mol. The van der Waals surface area contributed by atoms with Gasteiger partial charge in [0.25, 0.3) is 5.91 Å². The number of nitrogens with zero attached hydrogens (tertiary/aromatic N) is 3. The molecule has 1 saturated heterocycles. The lowest BCUT2D eigenvalue weighted by atomic mass is 10.1. The number of thiophene rings is 1. The molecule has 0 unspecified atom stereocenters. The molecule has 0 radical (unpaired) electrons. The number of nitro groups is 1. The summed E-state index contributed by atoms with van der Waals surface area (Å²) >= 11 is 0.993. The van der Waals surface area contributed by atoms with Gasteiger partial charge in [-0.15, -0.1) is 0 Å².